The molecular formula is C25H29F3N4S. The standard InChI is InChI=1S/C25H29F3N4S/c26-25(27,28)19-4-9-22-23(18-19)31-12-10-24(22)33-17-3-1-2-11-30-20-5-7-21(8-6-20)32-15-13-29-14-16-32/h4-10,12,18,29-30H,1-3,11,13-17H2. The quantitative estimate of drug-likeness (QED) is 0.292. The summed E-state index contributed by atoms with van der Waals surface area (Å²) >= 11 is 1.68. The molecule has 0 spiro atoms. The monoisotopic (exact) mass is 474 g/mol. The minimum Gasteiger partial charge on any atom is -0.385 e. The molecule has 2 heterocycles. The number of benzene rings is 2. The van der Waals surface area contributed by atoms with Crippen LogP contribution in [0.5, 0.6) is 0 Å². The van der Waals surface area contributed by atoms with Gasteiger partial charge in [-0.15, -0.1) is 11.8 Å². The molecule has 3 aromatic rings. The van der Waals surface area contributed by atoms with Crippen molar-refractivity contribution >= 4 is 34.0 Å². The van der Waals surface area contributed by atoms with Crippen molar-refractivity contribution < 1.29 is 13.2 Å². The number of hydrogen-bond donors (Lipinski definition) is 2. The number of aromatic nitrogens is 1. The summed E-state index contributed by atoms with van der Waals surface area (Å²) in [5.41, 5.74) is 2.15. The zero-order valence-corrected chi connectivity index (χ0v) is 19.3. The molecule has 1 aliphatic rings. The number of alkyl halides is 3. The molecule has 0 unspecified atom stereocenters. The Morgan fingerprint density at radius 2 is 1.76 bits per heavy atom. The van der Waals surface area contributed by atoms with Crippen LogP contribution in [-0.2, 0) is 6.18 Å². The largest absolute Gasteiger partial charge is 0.416 e. The van der Waals surface area contributed by atoms with E-state index in [0.29, 0.717) is 5.52 Å². The van der Waals surface area contributed by atoms with Crippen LogP contribution in [0.1, 0.15) is 24.8 Å². The average Bonchev–Trinajstić information content (AvgIpc) is 2.83. The van der Waals surface area contributed by atoms with Crippen molar-refractivity contribution in [1.82, 2.24) is 10.3 Å². The van der Waals surface area contributed by atoms with Crippen LogP contribution in [0, 0.1) is 0 Å². The van der Waals surface area contributed by atoms with Gasteiger partial charge in [0.2, 0.25) is 0 Å². The molecule has 0 amide bonds. The molecule has 2 N–H and O–H groups in total. The summed E-state index contributed by atoms with van der Waals surface area (Å²) in [6, 6.07) is 14.3. The van der Waals surface area contributed by atoms with Crippen molar-refractivity contribution in [2.24, 2.45) is 0 Å². The lowest BCUT2D eigenvalue weighted by Crippen LogP contribution is -2.43. The highest BCUT2D eigenvalue weighted by atomic mass is 32.2. The Morgan fingerprint density at radius 3 is 2.52 bits per heavy atom. The Kier molecular flexibility index (Phi) is 7.98. The van der Waals surface area contributed by atoms with Crippen LogP contribution in [0.4, 0.5) is 24.5 Å². The highest BCUT2D eigenvalue weighted by molar-refractivity contribution is 7.99. The highest BCUT2D eigenvalue weighted by Gasteiger charge is 2.30. The molecule has 33 heavy (non-hydrogen) atoms. The molecule has 4 rings (SSSR count). The molecule has 0 atom stereocenters. The van der Waals surface area contributed by atoms with Crippen molar-refractivity contribution in [2.75, 3.05) is 48.7 Å². The van der Waals surface area contributed by atoms with E-state index in [1.54, 1.807) is 18.0 Å². The van der Waals surface area contributed by atoms with E-state index >= 15 is 0 Å². The number of piperazine rings is 1. The summed E-state index contributed by atoms with van der Waals surface area (Å²) in [7, 11) is 0. The smallest absolute Gasteiger partial charge is 0.385 e. The van der Waals surface area contributed by atoms with E-state index in [-0.39, 0.29) is 0 Å². The van der Waals surface area contributed by atoms with Crippen molar-refractivity contribution in [3.05, 3.63) is 60.3 Å². The predicted molar refractivity (Wildman–Crippen MR) is 131 cm³/mol. The van der Waals surface area contributed by atoms with Crippen molar-refractivity contribution in [3.8, 4) is 0 Å². The molecule has 176 valence electrons. The van der Waals surface area contributed by atoms with Crippen LogP contribution in [0.15, 0.2) is 59.6 Å². The van der Waals surface area contributed by atoms with Gasteiger partial charge in [0.15, 0.2) is 0 Å². The van der Waals surface area contributed by atoms with E-state index in [9.17, 15) is 13.2 Å². The Hall–Kier alpha value is -2.45. The molecule has 1 aliphatic heterocycles. The molecule has 1 aromatic heterocycles. The van der Waals surface area contributed by atoms with Gasteiger partial charge < -0.3 is 15.5 Å². The Morgan fingerprint density at radius 1 is 0.970 bits per heavy atom. The van der Waals surface area contributed by atoms with Crippen LogP contribution < -0.4 is 15.5 Å². The summed E-state index contributed by atoms with van der Waals surface area (Å²) < 4.78 is 38.8. The molecule has 4 nitrogen and oxygen atoms in total. The number of thioether (sulfide) groups is 1. The number of anilines is 2. The van der Waals surface area contributed by atoms with E-state index in [0.717, 1.165) is 85.8 Å². The van der Waals surface area contributed by atoms with Gasteiger partial charge in [-0.25, -0.2) is 0 Å². The van der Waals surface area contributed by atoms with Crippen LogP contribution in [-0.4, -0.2) is 43.5 Å². The first-order chi connectivity index (χ1) is 16.0. The van der Waals surface area contributed by atoms with Crippen molar-refractivity contribution in [3.63, 3.8) is 0 Å². The highest BCUT2D eigenvalue weighted by Crippen LogP contribution is 2.34. The van der Waals surface area contributed by atoms with Crippen LogP contribution >= 0.6 is 11.8 Å². The second-order valence-electron chi connectivity index (χ2n) is 8.16. The number of hydrogen-bond acceptors (Lipinski definition) is 5. The normalized spacial score (nSPS) is 14.6. The number of unbranched alkanes of at least 4 members (excludes halogenated alkanes) is 2. The van der Waals surface area contributed by atoms with E-state index < -0.39 is 11.7 Å². The van der Waals surface area contributed by atoms with Crippen LogP contribution in [0.3, 0.4) is 0 Å². The summed E-state index contributed by atoms with van der Waals surface area (Å²) in [6.07, 6.45) is 0.466. The second kappa shape index (κ2) is 11.1. The molecule has 0 bridgehead atoms. The Bertz CT molecular complexity index is 1030. The average molecular weight is 475 g/mol. The van der Waals surface area contributed by atoms with E-state index in [1.165, 1.54) is 11.8 Å². The van der Waals surface area contributed by atoms with Crippen LogP contribution in [0.25, 0.3) is 10.9 Å². The first-order valence-electron chi connectivity index (χ1n) is 11.4. The van der Waals surface area contributed by atoms with E-state index in [4.69, 9.17) is 0 Å². The summed E-state index contributed by atoms with van der Waals surface area (Å²) in [5.74, 6) is 0.930. The fraction of sp³-hybridized carbons (Fsp3) is 0.400. The zero-order chi connectivity index (χ0) is 23.1. The maximum Gasteiger partial charge on any atom is 0.416 e. The van der Waals surface area contributed by atoms with Crippen LogP contribution in [0.2, 0.25) is 0 Å². The van der Waals surface area contributed by atoms with Gasteiger partial charge in [0.05, 0.1) is 11.1 Å². The Labute approximate surface area is 197 Å². The lowest BCUT2D eigenvalue weighted by Gasteiger charge is -2.29. The maximum atomic E-state index is 12.9. The molecule has 0 radical (unpaired) electrons. The van der Waals surface area contributed by atoms with Crippen molar-refractivity contribution in [2.45, 2.75) is 30.3 Å². The molecule has 8 heteroatoms. The third kappa shape index (κ3) is 6.54. The topological polar surface area (TPSA) is 40.2 Å². The number of nitrogens with zero attached hydrogens (tertiary/aromatic N) is 2. The SMILES string of the molecule is FC(F)(F)c1ccc2c(SCCCCCNc3ccc(N4CCNCC4)cc3)ccnc2c1. The number of halogens is 3. The lowest BCUT2D eigenvalue weighted by molar-refractivity contribution is -0.137. The third-order valence-corrected chi connectivity index (χ3v) is 6.95. The van der Waals surface area contributed by atoms with Gasteiger partial charge >= 0.3 is 6.18 Å². The molecule has 2 aromatic carbocycles. The summed E-state index contributed by atoms with van der Waals surface area (Å²) in [6.45, 7) is 5.10. The van der Waals surface area contributed by atoms with E-state index in [2.05, 4.69) is 44.8 Å². The summed E-state index contributed by atoms with van der Waals surface area (Å²) in [5, 5.41) is 7.64. The molecule has 1 fully saturated rings. The maximum absolute atomic E-state index is 12.9. The van der Waals surface area contributed by atoms with Gasteiger partial charge in [0.25, 0.3) is 0 Å². The minimum atomic E-state index is -4.35. The number of rotatable bonds is 9. The summed E-state index contributed by atoms with van der Waals surface area (Å²) in [4.78, 5) is 7.50. The first-order valence-corrected chi connectivity index (χ1v) is 12.4. The minimum absolute atomic E-state index is 0.391. The van der Waals surface area contributed by atoms with Gasteiger partial charge in [-0.1, -0.05) is 12.5 Å². The van der Waals surface area contributed by atoms with Gasteiger partial charge in [-0.2, -0.15) is 13.2 Å². The van der Waals surface area contributed by atoms with Gasteiger partial charge in [-0.3, -0.25) is 4.98 Å². The zero-order valence-electron chi connectivity index (χ0n) is 18.5. The molecule has 0 saturated carbocycles. The number of nitrogens with one attached hydrogen (secondary N) is 2. The van der Waals surface area contributed by atoms with Gasteiger partial charge in [0, 0.05) is 60.6 Å². The molecular weight excluding hydrogens is 445 g/mol. The number of pyridine rings is 1. The second-order valence-corrected chi connectivity index (χ2v) is 9.30. The van der Waals surface area contributed by atoms with Gasteiger partial charge in [0.1, 0.15) is 0 Å². The van der Waals surface area contributed by atoms with Crippen molar-refractivity contribution in [1.29, 1.82) is 0 Å². The number of fused-ring (bicyclic) bond motifs is 1. The Balaban J connectivity index is 1.17. The van der Waals surface area contributed by atoms with E-state index in [1.807, 2.05) is 6.07 Å². The fourth-order valence-corrected chi connectivity index (χ4v) is 5.01. The first kappa shape index (κ1) is 23.7. The third-order valence-electron chi connectivity index (χ3n) is 5.79. The predicted octanol–water partition coefficient (Wildman–Crippen LogP) is 6.04. The molecule has 1 saturated heterocycles. The lowest BCUT2D eigenvalue weighted by atomic mass is 10.1. The van der Waals surface area contributed by atoms with Gasteiger partial charge in [-0.05, 0) is 61.1 Å². The fourth-order valence-electron chi connectivity index (χ4n) is 3.96. The molecule has 0 aliphatic carbocycles.